The standard InChI is InChI=1S/C24H24Cl2N2O4S/c1-27(15-18-8-12-21(32-2)13-9-18)24(29)17-28(16-19-10-11-20(25)14-23(19)26)33(30,31)22-6-4-3-5-7-22/h3-14H,15-17H2,1-2H3. The molecule has 3 rings (SSSR count). The highest BCUT2D eigenvalue weighted by Gasteiger charge is 2.28. The van der Waals surface area contributed by atoms with Crippen molar-refractivity contribution in [2.24, 2.45) is 0 Å². The molecule has 0 unspecified atom stereocenters. The van der Waals surface area contributed by atoms with Gasteiger partial charge in [0.15, 0.2) is 0 Å². The van der Waals surface area contributed by atoms with Crippen molar-refractivity contribution in [2.45, 2.75) is 18.0 Å². The van der Waals surface area contributed by atoms with Crippen molar-refractivity contribution in [1.29, 1.82) is 0 Å². The highest BCUT2D eigenvalue weighted by molar-refractivity contribution is 7.89. The molecule has 0 aromatic heterocycles. The molecule has 0 atom stereocenters. The van der Waals surface area contributed by atoms with E-state index in [1.165, 1.54) is 17.0 Å². The second-order valence-electron chi connectivity index (χ2n) is 7.42. The Morgan fingerprint density at radius 3 is 2.21 bits per heavy atom. The maximum atomic E-state index is 13.4. The third-order valence-electron chi connectivity index (χ3n) is 5.06. The maximum Gasteiger partial charge on any atom is 0.243 e. The summed E-state index contributed by atoms with van der Waals surface area (Å²) in [5, 5.41) is 0.770. The number of likely N-dealkylation sites (N-methyl/N-ethyl adjacent to an activating group) is 1. The van der Waals surface area contributed by atoms with Crippen LogP contribution in [0, 0.1) is 0 Å². The summed E-state index contributed by atoms with van der Waals surface area (Å²) in [5.41, 5.74) is 1.44. The number of rotatable bonds is 9. The van der Waals surface area contributed by atoms with Gasteiger partial charge in [-0.25, -0.2) is 8.42 Å². The molecular formula is C24H24Cl2N2O4S. The quantitative estimate of drug-likeness (QED) is 0.415. The molecule has 0 bridgehead atoms. The summed E-state index contributed by atoms with van der Waals surface area (Å²) in [6.07, 6.45) is 0. The summed E-state index contributed by atoms with van der Waals surface area (Å²) < 4.78 is 33.0. The van der Waals surface area contributed by atoms with Gasteiger partial charge < -0.3 is 9.64 Å². The van der Waals surface area contributed by atoms with Gasteiger partial charge >= 0.3 is 0 Å². The lowest BCUT2D eigenvalue weighted by atomic mass is 10.2. The number of carbonyl (C=O) groups is 1. The largest absolute Gasteiger partial charge is 0.497 e. The molecule has 0 fully saturated rings. The molecule has 33 heavy (non-hydrogen) atoms. The topological polar surface area (TPSA) is 66.9 Å². The first-order valence-electron chi connectivity index (χ1n) is 10.1. The van der Waals surface area contributed by atoms with Crippen LogP contribution in [0.1, 0.15) is 11.1 Å². The maximum absolute atomic E-state index is 13.4. The van der Waals surface area contributed by atoms with E-state index < -0.39 is 10.0 Å². The molecule has 9 heteroatoms. The molecule has 0 radical (unpaired) electrons. The smallest absolute Gasteiger partial charge is 0.243 e. The molecule has 0 aliphatic carbocycles. The minimum absolute atomic E-state index is 0.0741. The Morgan fingerprint density at radius 2 is 1.61 bits per heavy atom. The predicted molar refractivity (Wildman–Crippen MR) is 130 cm³/mol. The summed E-state index contributed by atoms with van der Waals surface area (Å²) in [5.74, 6) is 0.364. The van der Waals surface area contributed by atoms with E-state index in [9.17, 15) is 13.2 Å². The number of hydrogen-bond donors (Lipinski definition) is 0. The summed E-state index contributed by atoms with van der Waals surface area (Å²) in [4.78, 5) is 14.6. The van der Waals surface area contributed by atoms with Gasteiger partial charge in [-0.3, -0.25) is 4.79 Å². The molecule has 174 valence electrons. The molecule has 6 nitrogen and oxygen atoms in total. The van der Waals surface area contributed by atoms with Crippen LogP contribution < -0.4 is 4.74 Å². The van der Waals surface area contributed by atoms with Crippen molar-refractivity contribution in [3.63, 3.8) is 0 Å². The molecule has 0 saturated heterocycles. The SMILES string of the molecule is COc1ccc(CN(C)C(=O)CN(Cc2ccc(Cl)cc2Cl)S(=O)(=O)c2ccccc2)cc1. The minimum atomic E-state index is -3.96. The fourth-order valence-electron chi connectivity index (χ4n) is 3.17. The van der Waals surface area contributed by atoms with E-state index >= 15 is 0 Å². The molecule has 1 amide bonds. The fraction of sp³-hybridized carbons (Fsp3) is 0.208. The Balaban J connectivity index is 1.84. The molecule has 0 heterocycles. The van der Waals surface area contributed by atoms with Gasteiger partial charge in [0.1, 0.15) is 5.75 Å². The third kappa shape index (κ3) is 6.48. The Morgan fingerprint density at radius 1 is 0.939 bits per heavy atom. The Labute approximate surface area is 204 Å². The first-order chi connectivity index (χ1) is 15.7. The number of halogens is 2. The van der Waals surface area contributed by atoms with E-state index in [4.69, 9.17) is 27.9 Å². The van der Waals surface area contributed by atoms with Crippen LogP contribution >= 0.6 is 23.2 Å². The van der Waals surface area contributed by atoms with Crippen molar-refractivity contribution < 1.29 is 17.9 Å². The van der Waals surface area contributed by atoms with Gasteiger partial charge in [-0.1, -0.05) is 59.6 Å². The summed E-state index contributed by atoms with van der Waals surface area (Å²) in [7, 11) is -0.742. The molecule has 3 aromatic rings. The molecule has 0 N–H and O–H groups in total. The highest BCUT2D eigenvalue weighted by Crippen LogP contribution is 2.25. The summed E-state index contributed by atoms with van der Waals surface area (Å²) >= 11 is 12.3. The number of benzene rings is 3. The zero-order valence-corrected chi connectivity index (χ0v) is 20.6. The number of amides is 1. The zero-order chi connectivity index (χ0) is 24.0. The van der Waals surface area contributed by atoms with Crippen molar-refractivity contribution in [2.75, 3.05) is 20.7 Å². The second-order valence-corrected chi connectivity index (χ2v) is 10.2. The number of carbonyl (C=O) groups excluding carboxylic acids is 1. The molecule has 3 aromatic carbocycles. The van der Waals surface area contributed by atoms with Gasteiger partial charge in [-0.2, -0.15) is 4.31 Å². The minimum Gasteiger partial charge on any atom is -0.497 e. The van der Waals surface area contributed by atoms with Crippen LogP contribution in [0.25, 0.3) is 0 Å². The van der Waals surface area contributed by atoms with Gasteiger partial charge in [0, 0.05) is 30.2 Å². The highest BCUT2D eigenvalue weighted by atomic mass is 35.5. The number of nitrogens with zero attached hydrogens (tertiary/aromatic N) is 2. The number of methoxy groups -OCH3 is 1. The first-order valence-corrected chi connectivity index (χ1v) is 12.3. The molecular weight excluding hydrogens is 483 g/mol. The first kappa shape index (κ1) is 25.1. The van der Waals surface area contributed by atoms with Crippen LogP contribution in [-0.2, 0) is 27.9 Å². The van der Waals surface area contributed by atoms with E-state index in [1.807, 2.05) is 24.3 Å². The Hall–Kier alpha value is -2.58. The molecule has 0 saturated carbocycles. The van der Waals surface area contributed by atoms with Gasteiger partial charge in [0.05, 0.1) is 18.6 Å². The molecule has 0 aliphatic rings. The third-order valence-corrected chi connectivity index (χ3v) is 7.45. The average molecular weight is 507 g/mol. The monoisotopic (exact) mass is 506 g/mol. The number of hydrogen-bond acceptors (Lipinski definition) is 4. The van der Waals surface area contributed by atoms with Crippen molar-refractivity contribution in [1.82, 2.24) is 9.21 Å². The molecule has 0 spiro atoms. The number of sulfonamides is 1. The van der Waals surface area contributed by atoms with Gasteiger partial charge in [0.2, 0.25) is 15.9 Å². The second kappa shape index (κ2) is 11.0. The van der Waals surface area contributed by atoms with Crippen LogP contribution in [0.3, 0.4) is 0 Å². The van der Waals surface area contributed by atoms with Crippen LogP contribution in [0.4, 0.5) is 0 Å². The summed E-state index contributed by atoms with van der Waals surface area (Å²) in [6, 6.07) is 20.2. The van der Waals surface area contributed by atoms with E-state index in [2.05, 4.69) is 0 Å². The lowest BCUT2D eigenvalue weighted by Gasteiger charge is -2.25. The Kier molecular flexibility index (Phi) is 8.37. The number of ether oxygens (including phenoxy) is 1. The molecule has 0 aliphatic heterocycles. The van der Waals surface area contributed by atoms with E-state index in [-0.39, 0.29) is 23.9 Å². The van der Waals surface area contributed by atoms with Gasteiger partial charge in [0.25, 0.3) is 0 Å². The summed E-state index contributed by atoms with van der Waals surface area (Å²) in [6.45, 7) is -0.0953. The Bertz CT molecular complexity index is 1200. The van der Waals surface area contributed by atoms with Crippen LogP contribution in [0.2, 0.25) is 10.0 Å². The van der Waals surface area contributed by atoms with Gasteiger partial charge in [-0.05, 0) is 47.5 Å². The lowest BCUT2D eigenvalue weighted by Crippen LogP contribution is -2.41. The normalized spacial score (nSPS) is 11.4. The van der Waals surface area contributed by atoms with Gasteiger partial charge in [-0.15, -0.1) is 0 Å². The van der Waals surface area contributed by atoms with Crippen molar-refractivity contribution in [3.05, 3.63) is 94.0 Å². The van der Waals surface area contributed by atoms with E-state index in [0.717, 1.165) is 9.87 Å². The predicted octanol–water partition coefficient (Wildman–Crippen LogP) is 4.85. The van der Waals surface area contributed by atoms with Crippen LogP contribution in [0.15, 0.2) is 77.7 Å². The lowest BCUT2D eigenvalue weighted by molar-refractivity contribution is -0.130. The van der Waals surface area contributed by atoms with E-state index in [1.54, 1.807) is 50.6 Å². The fourth-order valence-corrected chi connectivity index (χ4v) is 5.03. The van der Waals surface area contributed by atoms with E-state index in [0.29, 0.717) is 27.9 Å². The average Bonchev–Trinajstić information content (AvgIpc) is 2.81. The van der Waals surface area contributed by atoms with Crippen LogP contribution in [0.5, 0.6) is 5.75 Å². The van der Waals surface area contributed by atoms with Crippen LogP contribution in [-0.4, -0.2) is 44.2 Å². The van der Waals surface area contributed by atoms with Crippen molar-refractivity contribution >= 4 is 39.1 Å². The van der Waals surface area contributed by atoms with Crippen molar-refractivity contribution in [3.8, 4) is 5.75 Å². The zero-order valence-electron chi connectivity index (χ0n) is 18.2.